The molecule has 1 aromatic carbocycles. The van der Waals surface area contributed by atoms with Gasteiger partial charge in [-0.1, -0.05) is 0 Å². The Morgan fingerprint density at radius 1 is 1.27 bits per heavy atom. The topological polar surface area (TPSA) is 43.4 Å². The number of fused-ring (bicyclic) bond motifs is 1. The summed E-state index contributed by atoms with van der Waals surface area (Å²) in [5.74, 6) is -0.457. The summed E-state index contributed by atoms with van der Waals surface area (Å²) in [4.78, 5) is 23.4. The van der Waals surface area contributed by atoms with E-state index in [-0.39, 0.29) is 0 Å². The van der Waals surface area contributed by atoms with Crippen LogP contribution in [0.3, 0.4) is 0 Å². The number of carbonyl (C=O) groups excluding carboxylic acids is 2. The molecule has 4 heteroatoms. The summed E-state index contributed by atoms with van der Waals surface area (Å²) in [7, 11) is 0. The number of hydrogen-bond acceptors (Lipinski definition) is 3. The van der Waals surface area contributed by atoms with E-state index in [0.29, 0.717) is 11.3 Å². The van der Waals surface area contributed by atoms with Gasteiger partial charge in [0.05, 0.1) is 5.56 Å². The summed E-state index contributed by atoms with van der Waals surface area (Å²) in [5, 5.41) is 0. The van der Waals surface area contributed by atoms with Crippen LogP contribution in [0.15, 0.2) is 18.2 Å². The van der Waals surface area contributed by atoms with Crippen LogP contribution in [-0.2, 0) is 4.79 Å². The van der Waals surface area contributed by atoms with Gasteiger partial charge in [-0.25, -0.2) is 0 Å². The Kier molecular flexibility index (Phi) is 2.33. The third-order valence-electron chi connectivity index (χ3n) is 2.30. The molecule has 1 aromatic rings. The highest BCUT2D eigenvalue weighted by Crippen LogP contribution is 2.31. The van der Waals surface area contributed by atoms with Crippen molar-refractivity contribution >= 4 is 34.2 Å². The molecular weight excluding hydrogens is 307 g/mol. The lowest BCUT2D eigenvalue weighted by molar-refractivity contribution is -0.128. The van der Waals surface area contributed by atoms with Crippen LogP contribution in [0.2, 0.25) is 0 Å². The lowest BCUT2D eigenvalue weighted by Crippen LogP contribution is -2.46. The Balaban J connectivity index is 2.60. The van der Waals surface area contributed by atoms with E-state index in [0.717, 1.165) is 3.57 Å². The quantitative estimate of drug-likeness (QED) is 0.544. The smallest absolute Gasteiger partial charge is 0.246 e. The van der Waals surface area contributed by atoms with Crippen molar-refractivity contribution in [1.29, 1.82) is 0 Å². The third kappa shape index (κ3) is 1.67. The van der Waals surface area contributed by atoms with Gasteiger partial charge < -0.3 is 4.74 Å². The standard InChI is InChI=1S/C11H9IO3/c1-11(2)10(14)9(13)7-5-6(12)3-4-8(7)15-11/h3-5H,1-2H3. The number of Topliss-reactive ketones (excluding diaryl/α,β-unsaturated/α-hetero) is 2. The van der Waals surface area contributed by atoms with E-state index in [2.05, 4.69) is 22.6 Å². The van der Waals surface area contributed by atoms with E-state index in [9.17, 15) is 9.59 Å². The predicted molar refractivity (Wildman–Crippen MR) is 63.2 cm³/mol. The Morgan fingerprint density at radius 2 is 1.93 bits per heavy atom. The molecule has 0 saturated heterocycles. The summed E-state index contributed by atoms with van der Waals surface area (Å²) in [6.45, 7) is 3.21. The Morgan fingerprint density at radius 3 is 2.60 bits per heavy atom. The zero-order valence-electron chi connectivity index (χ0n) is 8.33. The number of rotatable bonds is 0. The summed E-state index contributed by atoms with van der Waals surface area (Å²) in [6.07, 6.45) is 0. The summed E-state index contributed by atoms with van der Waals surface area (Å²) >= 11 is 2.09. The fourth-order valence-electron chi connectivity index (χ4n) is 1.49. The summed E-state index contributed by atoms with van der Waals surface area (Å²) in [6, 6.07) is 5.24. The van der Waals surface area contributed by atoms with E-state index in [1.54, 1.807) is 26.0 Å². The van der Waals surface area contributed by atoms with Gasteiger partial charge in [0, 0.05) is 3.57 Å². The molecule has 0 saturated carbocycles. The fraction of sp³-hybridized carbons (Fsp3) is 0.273. The van der Waals surface area contributed by atoms with Crippen LogP contribution in [-0.4, -0.2) is 17.2 Å². The van der Waals surface area contributed by atoms with Gasteiger partial charge >= 0.3 is 0 Å². The van der Waals surface area contributed by atoms with Crippen molar-refractivity contribution in [1.82, 2.24) is 0 Å². The molecule has 78 valence electrons. The molecule has 0 unspecified atom stereocenters. The minimum atomic E-state index is -1.04. The van der Waals surface area contributed by atoms with E-state index in [4.69, 9.17) is 4.74 Å². The minimum Gasteiger partial charge on any atom is -0.479 e. The molecular formula is C11H9IO3. The lowest BCUT2D eigenvalue weighted by Gasteiger charge is -2.29. The molecule has 0 aromatic heterocycles. The van der Waals surface area contributed by atoms with Gasteiger partial charge in [0.15, 0.2) is 5.60 Å². The Hall–Kier alpha value is -0.910. The van der Waals surface area contributed by atoms with Crippen LogP contribution in [0.25, 0.3) is 0 Å². The molecule has 0 fully saturated rings. The molecule has 2 rings (SSSR count). The maximum Gasteiger partial charge on any atom is 0.246 e. The largest absolute Gasteiger partial charge is 0.479 e. The van der Waals surface area contributed by atoms with Gasteiger partial charge in [0.1, 0.15) is 5.75 Å². The number of carbonyl (C=O) groups is 2. The maximum atomic E-state index is 11.8. The summed E-state index contributed by atoms with van der Waals surface area (Å²) in [5.41, 5.74) is -0.678. The molecule has 0 atom stereocenters. The molecule has 0 bridgehead atoms. The van der Waals surface area contributed by atoms with E-state index >= 15 is 0 Å². The Labute approximate surface area is 101 Å². The highest BCUT2D eigenvalue weighted by Gasteiger charge is 2.41. The van der Waals surface area contributed by atoms with Crippen LogP contribution in [0.5, 0.6) is 5.75 Å². The van der Waals surface area contributed by atoms with Gasteiger partial charge in [-0.15, -0.1) is 0 Å². The SMILES string of the molecule is CC1(C)Oc2ccc(I)cc2C(=O)C1=O. The highest BCUT2D eigenvalue weighted by atomic mass is 127. The first-order chi connectivity index (χ1) is 6.92. The highest BCUT2D eigenvalue weighted by molar-refractivity contribution is 14.1. The molecule has 1 heterocycles. The van der Waals surface area contributed by atoms with Gasteiger partial charge in [0.2, 0.25) is 11.6 Å². The number of halogens is 1. The number of benzene rings is 1. The molecule has 1 aliphatic rings. The van der Waals surface area contributed by atoms with Crippen molar-refractivity contribution in [3.05, 3.63) is 27.3 Å². The van der Waals surface area contributed by atoms with Crippen LogP contribution < -0.4 is 4.74 Å². The van der Waals surface area contributed by atoms with Crippen molar-refractivity contribution in [3.63, 3.8) is 0 Å². The monoisotopic (exact) mass is 316 g/mol. The van der Waals surface area contributed by atoms with Crippen molar-refractivity contribution in [2.75, 3.05) is 0 Å². The van der Waals surface area contributed by atoms with Crippen molar-refractivity contribution in [2.24, 2.45) is 0 Å². The van der Waals surface area contributed by atoms with Gasteiger partial charge in [0.25, 0.3) is 0 Å². The first-order valence-corrected chi connectivity index (χ1v) is 5.57. The van der Waals surface area contributed by atoms with E-state index in [1.807, 2.05) is 6.07 Å². The molecule has 0 radical (unpaired) electrons. The second kappa shape index (κ2) is 3.30. The second-order valence-corrected chi connectivity index (χ2v) is 5.16. The number of hydrogen-bond donors (Lipinski definition) is 0. The predicted octanol–water partition coefficient (Wildman–Crippen LogP) is 2.21. The van der Waals surface area contributed by atoms with Crippen LogP contribution in [0, 0.1) is 3.57 Å². The number of ether oxygens (including phenoxy) is 1. The van der Waals surface area contributed by atoms with E-state index < -0.39 is 17.2 Å². The lowest BCUT2D eigenvalue weighted by atomic mass is 9.92. The minimum absolute atomic E-state index is 0.367. The molecule has 0 amide bonds. The average Bonchev–Trinajstić information content (AvgIpc) is 2.16. The van der Waals surface area contributed by atoms with Crippen molar-refractivity contribution in [3.8, 4) is 5.75 Å². The molecule has 15 heavy (non-hydrogen) atoms. The zero-order chi connectivity index (χ0) is 11.2. The zero-order valence-corrected chi connectivity index (χ0v) is 10.5. The fourth-order valence-corrected chi connectivity index (χ4v) is 1.98. The van der Waals surface area contributed by atoms with Crippen LogP contribution in [0.4, 0.5) is 0 Å². The van der Waals surface area contributed by atoms with Crippen molar-refractivity contribution < 1.29 is 14.3 Å². The van der Waals surface area contributed by atoms with Crippen LogP contribution >= 0.6 is 22.6 Å². The van der Waals surface area contributed by atoms with Crippen molar-refractivity contribution in [2.45, 2.75) is 19.4 Å². The average molecular weight is 316 g/mol. The van der Waals surface area contributed by atoms with Gasteiger partial charge in [-0.2, -0.15) is 0 Å². The Bertz CT molecular complexity index is 463. The van der Waals surface area contributed by atoms with Crippen LogP contribution in [0.1, 0.15) is 24.2 Å². The van der Waals surface area contributed by atoms with E-state index in [1.165, 1.54) is 0 Å². The normalized spacial score (nSPS) is 18.3. The first-order valence-electron chi connectivity index (χ1n) is 4.49. The third-order valence-corrected chi connectivity index (χ3v) is 2.98. The van der Waals surface area contributed by atoms with Gasteiger partial charge in [-0.3, -0.25) is 9.59 Å². The molecule has 0 N–H and O–H groups in total. The molecule has 0 spiro atoms. The molecule has 1 aliphatic heterocycles. The van der Waals surface area contributed by atoms with Gasteiger partial charge in [-0.05, 0) is 54.6 Å². The maximum absolute atomic E-state index is 11.8. The summed E-state index contributed by atoms with van der Waals surface area (Å²) < 4.78 is 6.40. The number of ketones is 2. The second-order valence-electron chi connectivity index (χ2n) is 3.91. The molecule has 0 aliphatic carbocycles. The molecule has 3 nitrogen and oxygen atoms in total. The first kappa shape index (κ1) is 10.6.